The van der Waals surface area contributed by atoms with E-state index in [0.29, 0.717) is 0 Å². The van der Waals surface area contributed by atoms with E-state index in [-0.39, 0.29) is 30.9 Å². The number of fused-ring (bicyclic) bond motifs is 3. The predicted molar refractivity (Wildman–Crippen MR) is 112 cm³/mol. The van der Waals surface area contributed by atoms with Crippen molar-refractivity contribution in [3.05, 3.63) is 94.6 Å². The van der Waals surface area contributed by atoms with Gasteiger partial charge in [-0.1, -0.05) is 60.4 Å². The molecule has 3 aromatic rings. The highest BCUT2D eigenvalue weighted by molar-refractivity contribution is 5.79. The van der Waals surface area contributed by atoms with Crippen molar-refractivity contribution in [3.63, 3.8) is 0 Å². The average molecular weight is 417 g/mol. The third kappa shape index (κ3) is 4.03. The molecular formula is C25H17F2NO3. The number of hydrogen-bond donors (Lipinski definition) is 1. The zero-order valence-electron chi connectivity index (χ0n) is 16.3. The van der Waals surface area contributed by atoms with Crippen LogP contribution in [-0.2, 0) is 4.74 Å². The van der Waals surface area contributed by atoms with E-state index in [2.05, 4.69) is 29.3 Å². The number of carbonyl (C=O) groups excluding carboxylic acids is 2. The molecule has 0 unspecified atom stereocenters. The Morgan fingerprint density at radius 3 is 2.29 bits per heavy atom. The van der Waals surface area contributed by atoms with Crippen LogP contribution in [0.4, 0.5) is 13.6 Å². The molecule has 1 aliphatic rings. The van der Waals surface area contributed by atoms with Gasteiger partial charge < -0.3 is 10.1 Å². The lowest BCUT2D eigenvalue weighted by Crippen LogP contribution is -2.26. The minimum atomic E-state index is -1.02. The second-order valence-corrected chi connectivity index (χ2v) is 6.92. The van der Waals surface area contributed by atoms with Crippen LogP contribution in [0, 0.1) is 23.5 Å². The molecule has 6 heteroatoms. The van der Waals surface area contributed by atoms with Crippen LogP contribution in [0.15, 0.2) is 60.7 Å². The first kappa shape index (κ1) is 20.3. The number of hydrogen-bond acceptors (Lipinski definition) is 3. The summed E-state index contributed by atoms with van der Waals surface area (Å²) in [6.07, 6.45) is -0.547. The summed E-state index contributed by atoms with van der Waals surface area (Å²) in [6, 6.07) is 18.1. The lowest BCUT2D eigenvalue weighted by Gasteiger charge is -2.14. The summed E-state index contributed by atoms with van der Waals surface area (Å²) < 4.78 is 32.7. The molecule has 0 radical (unpaired) electrons. The van der Waals surface area contributed by atoms with Crippen LogP contribution in [0.3, 0.4) is 0 Å². The largest absolute Gasteiger partial charge is 0.449 e. The van der Waals surface area contributed by atoms with Crippen LogP contribution in [0.5, 0.6) is 0 Å². The Labute approximate surface area is 177 Å². The summed E-state index contributed by atoms with van der Waals surface area (Å²) >= 11 is 0. The van der Waals surface area contributed by atoms with E-state index >= 15 is 0 Å². The Hall–Kier alpha value is -3.98. The first-order chi connectivity index (χ1) is 15.1. The van der Waals surface area contributed by atoms with E-state index in [1.165, 1.54) is 0 Å². The van der Waals surface area contributed by atoms with Crippen LogP contribution < -0.4 is 5.32 Å². The third-order valence-electron chi connectivity index (χ3n) is 5.13. The maximum Gasteiger partial charge on any atom is 0.407 e. The minimum Gasteiger partial charge on any atom is -0.449 e. The third-order valence-corrected chi connectivity index (χ3v) is 5.13. The lowest BCUT2D eigenvalue weighted by atomic mass is 9.98. The monoisotopic (exact) mass is 417 g/mol. The Bertz CT molecular complexity index is 1180. The number of halogens is 2. The van der Waals surface area contributed by atoms with Gasteiger partial charge in [-0.25, -0.2) is 13.6 Å². The van der Waals surface area contributed by atoms with Crippen LogP contribution in [-0.4, -0.2) is 25.5 Å². The summed E-state index contributed by atoms with van der Waals surface area (Å²) in [6.45, 7) is 0.0759. The van der Waals surface area contributed by atoms with E-state index < -0.39 is 23.3 Å². The molecule has 0 heterocycles. The normalized spacial score (nSPS) is 11.7. The molecular weight excluding hydrogens is 400 g/mol. The van der Waals surface area contributed by atoms with Gasteiger partial charge in [0.2, 0.25) is 0 Å². The van der Waals surface area contributed by atoms with Gasteiger partial charge in [-0.05, 0) is 34.4 Å². The highest BCUT2D eigenvalue weighted by atomic mass is 19.1. The minimum absolute atomic E-state index is 0.0562. The molecule has 1 aliphatic carbocycles. The van der Waals surface area contributed by atoms with Crippen molar-refractivity contribution in [3.8, 4) is 23.0 Å². The molecule has 0 atom stereocenters. The molecule has 1 amide bonds. The number of aldehydes is 1. The molecule has 4 nitrogen and oxygen atoms in total. The fourth-order valence-corrected chi connectivity index (χ4v) is 3.68. The molecule has 4 rings (SSSR count). The Morgan fingerprint density at radius 1 is 1.00 bits per heavy atom. The van der Waals surface area contributed by atoms with Gasteiger partial charge in [-0.15, -0.1) is 0 Å². The van der Waals surface area contributed by atoms with Gasteiger partial charge in [0.05, 0.1) is 17.7 Å². The van der Waals surface area contributed by atoms with Gasteiger partial charge in [0.15, 0.2) is 12.1 Å². The molecule has 0 spiro atoms. The first-order valence-electron chi connectivity index (χ1n) is 9.61. The fraction of sp³-hybridized carbons (Fsp3) is 0.120. The zero-order chi connectivity index (χ0) is 21.8. The van der Waals surface area contributed by atoms with Gasteiger partial charge in [0.1, 0.15) is 12.4 Å². The van der Waals surface area contributed by atoms with Crippen molar-refractivity contribution in [1.82, 2.24) is 5.32 Å². The number of ether oxygens (including phenoxy) is 1. The zero-order valence-corrected chi connectivity index (χ0v) is 16.3. The summed E-state index contributed by atoms with van der Waals surface area (Å²) in [4.78, 5) is 22.8. The number of carbonyl (C=O) groups is 2. The number of amides is 1. The molecule has 3 aromatic carbocycles. The number of benzene rings is 3. The molecule has 0 aromatic heterocycles. The second kappa shape index (κ2) is 8.80. The van der Waals surface area contributed by atoms with Gasteiger partial charge in [0.25, 0.3) is 0 Å². The smallest absolute Gasteiger partial charge is 0.407 e. The van der Waals surface area contributed by atoms with Crippen LogP contribution in [0.25, 0.3) is 11.1 Å². The lowest BCUT2D eigenvalue weighted by molar-refractivity contribution is 0.111. The van der Waals surface area contributed by atoms with Crippen molar-refractivity contribution in [2.24, 2.45) is 0 Å². The highest BCUT2D eigenvalue weighted by Gasteiger charge is 2.28. The molecule has 0 bridgehead atoms. The maximum atomic E-state index is 14.0. The van der Waals surface area contributed by atoms with Gasteiger partial charge in [0, 0.05) is 5.92 Å². The number of rotatable bonds is 4. The quantitative estimate of drug-likeness (QED) is 0.496. The Balaban J connectivity index is 1.36. The van der Waals surface area contributed by atoms with Gasteiger partial charge in [-0.3, -0.25) is 4.79 Å². The average Bonchev–Trinajstić information content (AvgIpc) is 3.11. The summed E-state index contributed by atoms with van der Waals surface area (Å²) in [5, 5.41) is 2.48. The van der Waals surface area contributed by atoms with Crippen LogP contribution in [0.2, 0.25) is 0 Å². The SMILES string of the molecule is O=Cc1c(F)ccc(C#CCNC(=O)OCC2c3ccccc3-c3ccccc32)c1F. The van der Waals surface area contributed by atoms with E-state index in [9.17, 15) is 18.4 Å². The van der Waals surface area contributed by atoms with Gasteiger partial charge >= 0.3 is 6.09 Å². The maximum absolute atomic E-state index is 14.0. The van der Waals surface area contributed by atoms with Crippen molar-refractivity contribution in [1.29, 1.82) is 0 Å². The number of nitrogens with one attached hydrogen (secondary N) is 1. The van der Waals surface area contributed by atoms with Gasteiger partial charge in [-0.2, -0.15) is 0 Å². The molecule has 0 saturated carbocycles. The molecule has 154 valence electrons. The second-order valence-electron chi connectivity index (χ2n) is 6.92. The van der Waals surface area contributed by atoms with Crippen LogP contribution >= 0.6 is 0 Å². The van der Waals surface area contributed by atoms with Crippen molar-refractivity contribution < 1.29 is 23.1 Å². The Kier molecular flexibility index (Phi) is 5.76. The Morgan fingerprint density at radius 2 is 1.65 bits per heavy atom. The van der Waals surface area contributed by atoms with Crippen molar-refractivity contribution in [2.75, 3.05) is 13.2 Å². The van der Waals surface area contributed by atoms with E-state index in [1.54, 1.807) is 0 Å². The number of alkyl carbamates (subject to hydrolysis) is 1. The van der Waals surface area contributed by atoms with E-state index in [1.807, 2.05) is 36.4 Å². The summed E-state index contributed by atoms with van der Waals surface area (Å²) in [5.41, 5.74) is 3.68. The molecule has 0 aliphatic heterocycles. The summed E-state index contributed by atoms with van der Waals surface area (Å²) in [7, 11) is 0. The van der Waals surface area contributed by atoms with E-state index in [0.717, 1.165) is 34.4 Å². The molecule has 0 fully saturated rings. The molecule has 0 saturated heterocycles. The standard InChI is InChI=1S/C25H17F2NO3/c26-23-12-11-16(24(27)21(23)14-29)6-5-13-28-25(30)31-15-22-19-9-3-1-7-17(19)18-8-2-4-10-20(18)22/h1-4,7-12,14,22H,13,15H2,(H,28,30). The first-order valence-corrected chi connectivity index (χ1v) is 9.61. The fourth-order valence-electron chi connectivity index (χ4n) is 3.68. The summed E-state index contributed by atoms with van der Waals surface area (Å²) in [5.74, 6) is 3.01. The highest BCUT2D eigenvalue weighted by Crippen LogP contribution is 2.44. The van der Waals surface area contributed by atoms with E-state index in [4.69, 9.17) is 4.74 Å². The van der Waals surface area contributed by atoms with Crippen molar-refractivity contribution >= 4 is 12.4 Å². The molecule has 31 heavy (non-hydrogen) atoms. The topological polar surface area (TPSA) is 55.4 Å². The van der Waals surface area contributed by atoms with Crippen LogP contribution in [0.1, 0.15) is 33.0 Å². The predicted octanol–water partition coefficient (Wildman–Crippen LogP) is 4.67. The van der Waals surface area contributed by atoms with Crippen molar-refractivity contribution in [2.45, 2.75) is 5.92 Å². The molecule has 1 N–H and O–H groups in total.